The summed E-state index contributed by atoms with van der Waals surface area (Å²) >= 11 is 6.11. The molecule has 0 unspecified atom stereocenters. The van der Waals surface area contributed by atoms with Crippen LogP contribution in [0.5, 0.6) is 0 Å². The molecule has 0 saturated carbocycles. The van der Waals surface area contributed by atoms with Crippen LogP contribution >= 0.6 is 11.6 Å². The minimum absolute atomic E-state index is 0.149. The first-order valence-corrected chi connectivity index (χ1v) is 10.1. The molecule has 128 valence electrons. The van der Waals surface area contributed by atoms with Gasteiger partial charge in [-0.3, -0.25) is 4.79 Å². The number of halogens is 1. The molecule has 0 radical (unpaired) electrons. The summed E-state index contributed by atoms with van der Waals surface area (Å²) in [6.45, 7) is 2.52. The van der Waals surface area contributed by atoms with Crippen molar-refractivity contribution in [2.24, 2.45) is 0 Å². The largest absolute Gasteiger partial charge is 0.455 e. The van der Waals surface area contributed by atoms with E-state index < -0.39 is 9.84 Å². The van der Waals surface area contributed by atoms with Gasteiger partial charge in [0.05, 0.1) is 5.69 Å². The Hall–Kier alpha value is -1.79. The third-order valence-corrected chi connectivity index (χ3v) is 4.99. The lowest BCUT2D eigenvalue weighted by Gasteiger charge is -2.30. The fourth-order valence-corrected chi connectivity index (χ4v) is 4.05. The quantitative estimate of drug-likeness (QED) is 0.834. The Morgan fingerprint density at radius 3 is 2.79 bits per heavy atom. The topological polar surface area (TPSA) is 67.6 Å². The lowest BCUT2D eigenvalue weighted by Crippen LogP contribution is -2.35. The number of aryl methyl sites for hydroxylation is 2. The number of nitrogens with zero attached hydrogens (tertiary/aromatic N) is 1. The zero-order valence-electron chi connectivity index (χ0n) is 13.5. The lowest BCUT2D eigenvalue weighted by molar-refractivity contribution is 0.0956. The molecule has 0 atom stereocenters. The van der Waals surface area contributed by atoms with Gasteiger partial charge >= 0.3 is 0 Å². The van der Waals surface area contributed by atoms with Crippen molar-refractivity contribution in [1.82, 2.24) is 0 Å². The van der Waals surface area contributed by atoms with Crippen molar-refractivity contribution in [3.8, 4) is 0 Å². The molecule has 0 aliphatic carbocycles. The molecule has 0 saturated heterocycles. The minimum atomic E-state index is -3.21. The van der Waals surface area contributed by atoms with Gasteiger partial charge in [0.2, 0.25) is 0 Å². The smallest absolute Gasteiger partial charge is 0.293 e. The van der Waals surface area contributed by atoms with E-state index in [2.05, 4.69) is 0 Å². The maximum Gasteiger partial charge on any atom is 0.293 e. The maximum atomic E-state index is 12.8. The van der Waals surface area contributed by atoms with Crippen LogP contribution in [0.3, 0.4) is 0 Å². The third kappa shape index (κ3) is 3.49. The van der Waals surface area contributed by atoms with Crippen LogP contribution in [-0.2, 0) is 22.0 Å². The average Bonchev–Trinajstić information content (AvgIpc) is 2.91. The number of carbonyl (C=O) groups is 1. The molecular formula is C17H18ClNO4S. The molecule has 3 rings (SSSR count). The fraction of sp³-hybridized carbons (Fsp3) is 0.353. The molecule has 0 spiro atoms. The van der Waals surface area contributed by atoms with Crippen LogP contribution in [-0.4, -0.2) is 27.1 Å². The number of hydrogen-bond donors (Lipinski definition) is 0. The van der Waals surface area contributed by atoms with Crippen LogP contribution in [0.1, 0.15) is 33.9 Å². The predicted octanol–water partition coefficient (Wildman–Crippen LogP) is 3.38. The Morgan fingerprint density at radius 1 is 1.33 bits per heavy atom. The Labute approximate surface area is 146 Å². The van der Waals surface area contributed by atoms with E-state index in [1.165, 1.54) is 12.1 Å². The molecule has 24 heavy (non-hydrogen) atoms. The molecular weight excluding hydrogens is 350 g/mol. The van der Waals surface area contributed by atoms with E-state index in [9.17, 15) is 13.2 Å². The predicted molar refractivity (Wildman–Crippen MR) is 93.4 cm³/mol. The molecule has 1 aliphatic rings. The summed E-state index contributed by atoms with van der Waals surface area (Å²) in [7, 11) is -3.21. The lowest BCUT2D eigenvalue weighted by atomic mass is 9.98. The summed E-state index contributed by atoms with van der Waals surface area (Å²) < 4.78 is 28.2. The molecule has 0 bridgehead atoms. The van der Waals surface area contributed by atoms with Crippen LogP contribution < -0.4 is 4.90 Å². The molecule has 1 aliphatic heterocycles. The number of benzene rings is 1. The van der Waals surface area contributed by atoms with Gasteiger partial charge in [0.25, 0.3) is 5.91 Å². The molecule has 5 nitrogen and oxygen atoms in total. The number of fused-ring (bicyclic) bond motifs is 1. The normalized spacial score (nSPS) is 14.5. The van der Waals surface area contributed by atoms with Crippen LogP contribution in [0, 0.1) is 6.92 Å². The molecule has 0 N–H and O–H groups in total. The number of amides is 1. The molecule has 1 amide bonds. The number of furan rings is 1. The summed E-state index contributed by atoms with van der Waals surface area (Å²) in [6.07, 6.45) is 2.85. The van der Waals surface area contributed by atoms with Gasteiger partial charge in [-0.2, -0.15) is 0 Å². The van der Waals surface area contributed by atoms with E-state index in [0.717, 1.165) is 35.9 Å². The second-order valence-electron chi connectivity index (χ2n) is 6.13. The zero-order chi connectivity index (χ0) is 17.5. The molecule has 1 aromatic carbocycles. The van der Waals surface area contributed by atoms with E-state index in [1.54, 1.807) is 4.90 Å². The van der Waals surface area contributed by atoms with Gasteiger partial charge in [-0.25, -0.2) is 8.42 Å². The summed E-state index contributed by atoms with van der Waals surface area (Å²) in [5, 5.41) is 0.661. The number of carbonyl (C=O) groups excluding carboxylic acids is 1. The van der Waals surface area contributed by atoms with Crippen molar-refractivity contribution < 1.29 is 17.6 Å². The molecule has 0 fully saturated rings. The van der Waals surface area contributed by atoms with Gasteiger partial charge in [0.1, 0.15) is 11.5 Å². The van der Waals surface area contributed by atoms with E-state index >= 15 is 0 Å². The van der Waals surface area contributed by atoms with Crippen molar-refractivity contribution >= 4 is 33.0 Å². The van der Waals surface area contributed by atoms with Crippen LogP contribution in [0.4, 0.5) is 5.69 Å². The van der Waals surface area contributed by atoms with Crippen LogP contribution in [0.2, 0.25) is 5.02 Å². The first kappa shape index (κ1) is 17.0. The summed E-state index contributed by atoms with van der Waals surface area (Å²) in [5.74, 6) is -0.0613. The van der Waals surface area contributed by atoms with Gasteiger partial charge in [0.15, 0.2) is 15.6 Å². The second-order valence-corrected chi connectivity index (χ2v) is 8.70. The highest BCUT2D eigenvalue weighted by Crippen LogP contribution is 2.34. The molecule has 2 heterocycles. The highest BCUT2D eigenvalue weighted by molar-refractivity contribution is 7.89. The first-order chi connectivity index (χ1) is 11.2. The Morgan fingerprint density at radius 2 is 2.08 bits per heavy atom. The van der Waals surface area contributed by atoms with Crippen molar-refractivity contribution in [3.05, 3.63) is 51.9 Å². The number of rotatable bonds is 3. The van der Waals surface area contributed by atoms with Gasteiger partial charge in [-0.05, 0) is 55.2 Å². The van der Waals surface area contributed by atoms with E-state index in [-0.39, 0.29) is 23.2 Å². The average molecular weight is 368 g/mol. The fourth-order valence-electron chi connectivity index (χ4n) is 3.09. The van der Waals surface area contributed by atoms with Crippen molar-refractivity contribution in [2.45, 2.75) is 25.5 Å². The van der Waals surface area contributed by atoms with Crippen LogP contribution in [0.15, 0.2) is 28.7 Å². The maximum absolute atomic E-state index is 12.8. The zero-order valence-corrected chi connectivity index (χ0v) is 15.1. The van der Waals surface area contributed by atoms with Crippen LogP contribution in [0.25, 0.3) is 0 Å². The summed E-state index contributed by atoms with van der Waals surface area (Å²) in [6, 6.07) is 6.79. The minimum Gasteiger partial charge on any atom is -0.455 e. The first-order valence-electron chi connectivity index (χ1n) is 7.62. The molecule has 7 heteroatoms. The van der Waals surface area contributed by atoms with E-state index in [0.29, 0.717) is 11.6 Å². The number of sulfone groups is 1. The standard InChI is InChI=1S/C17H18ClNO4S/c1-11-8-13(18)9-12-4-3-7-19(16(11)12)17(20)15-6-5-14(23-15)10-24(2,21)22/h5-6,8-9H,3-4,7,10H2,1-2H3. The summed E-state index contributed by atoms with van der Waals surface area (Å²) in [5.41, 5.74) is 2.85. The Kier molecular flexibility index (Phi) is 4.44. The summed E-state index contributed by atoms with van der Waals surface area (Å²) in [4.78, 5) is 14.5. The third-order valence-electron chi connectivity index (χ3n) is 3.96. The SMILES string of the molecule is Cc1cc(Cl)cc2c1N(C(=O)c1ccc(CS(C)(=O)=O)o1)CCC2. The Bertz CT molecular complexity index is 901. The van der Waals surface area contributed by atoms with Gasteiger partial charge in [-0.1, -0.05) is 11.6 Å². The second kappa shape index (κ2) is 6.26. The molecule has 1 aromatic heterocycles. The van der Waals surface area contributed by atoms with Crippen molar-refractivity contribution in [2.75, 3.05) is 17.7 Å². The van der Waals surface area contributed by atoms with Gasteiger partial charge in [0, 0.05) is 17.8 Å². The highest BCUT2D eigenvalue weighted by Gasteiger charge is 2.27. The number of anilines is 1. The van der Waals surface area contributed by atoms with Crippen molar-refractivity contribution in [1.29, 1.82) is 0 Å². The molecule has 2 aromatic rings. The van der Waals surface area contributed by atoms with Gasteiger partial charge in [-0.15, -0.1) is 0 Å². The Balaban J connectivity index is 1.93. The van der Waals surface area contributed by atoms with E-state index in [1.807, 2.05) is 19.1 Å². The van der Waals surface area contributed by atoms with E-state index in [4.69, 9.17) is 16.0 Å². The van der Waals surface area contributed by atoms with Gasteiger partial charge < -0.3 is 9.32 Å². The highest BCUT2D eigenvalue weighted by atomic mass is 35.5. The monoisotopic (exact) mass is 367 g/mol. The van der Waals surface area contributed by atoms with Crippen molar-refractivity contribution in [3.63, 3.8) is 0 Å². The number of hydrogen-bond acceptors (Lipinski definition) is 4.